The zero-order chi connectivity index (χ0) is 19.4. The molecule has 2 amide bonds. The fourth-order valence-corrected chi connectivity index (χ4v) is 5.03. The van der Waals surface area contributed by atoms with Crippen LogP contribution in [0.3, 0.4) is 0 Å². The summed E-state index contributed by atoms with van der Waals surface area (Å²) in [4.78, 5) is 30.7. The largest absolute Gasteiger partial charge is 0.337 e. The van der Waals surface area contributed by atoms with Crippen molar-refractivity contribution in [2.75, 3.05) is 18.0 Å². The minimum Gasteiger partial charge on any atom is -0.337 e. The molecule has 0 saturated heterocycles. The number of aromatic nitrogens is 2. The predicted molar refractivity (Wildman–Crippen MR) is 112 cm³/mol. The highest BCUT2D eigenvalue weighted by Crippen LogP contribution is 2.39. The van der Waals surface area contributed by atoms with Gasteiger partial charge in [-0.25, -0.2) is 9.78 Å². The van der Waals surface area contributed by atoms with Crippen LogP contribution in [0.25, 0.3) is 0 Å². The lowest BCUT2D eigenvalue weighted by Gasteiger charge is -2.32. The molecular formula is C23H27N5O. The first kappa shape index (κ1) is 17.2. The fraction of sp³-hybridized carbons (Fsp3) is 0.522. The summed E-state index contributed by atoms with van der Waals surface area (Å²) in [7, 11) is 0. The summed E-state index contributed by atoms with van der Waals surface area (Å²) in [6.45, 7) is 1.44. The van der Waals surface area contributed by atoms with Gasteiger partial charge in [-0.3, -0.25) is 14.8 Å². The van der Waals surface area contributed by atoms with Gasteiger partial charge in [-0.1, -0.05) is 43.2 Å². The Labute approximate surface area is 171 Å². The summed E-state index contributed by atoms with van der Waals surface area (Å²) in [5.41, 5.74) is 2.23. The summed E-state index contributed by atoms with van der Waals surface area (Å²) in [6, 6.07) is 10.6. The van der Waals surface area contributed by atoms with Gasteiger partial charge in [0, 0.05) is 12.5 Å². The van der Waals surface area contributed by atoms with E-state index in [4.69, 9.17) is 9.98 Å². The maximum absolute atomic E-state index is 13.4. The van der Waals surface area contributed by atoms with E-state index < -0.39 is 0 Å². The first-order chi connectivity index (χ1) is 14.3. The number of fused-ring (bicyclic) bond motifs is 3. The molecule has 150 valence electrons. The lowest BCUT2D eigenvalue weighted by atomic mass is 10.1. The van der Waals surface area contributed by atoms with Gasteiger partial charge in [0.25, 0.3) is 0 Å². The van der Waals surface area contributed by atoms with Gasteiger partial charge >= 0.3 is 6.03 Å². The van der Waals surface area contributed by atoms with Crippen molar-refractivity contribution in [3.63, 3.8) is 0 Å². The number of urea groups is 1. The average Bonchev–Trinajstić information content (AvgIpc) is 3.15. The van der Waals surface area contributed by atoms with E-state index in [1.807, 2.05) is 15.9 Å². The molecule has 1 N–H and O–H groups in total. The first-order valence-electron chi connectivity index (χ1n) is 11.1. The van der Waals surface area contributed by atoms with E-state index in [0.717, 1.165) is 36.1 Å². The van der Waals surface area contributed by atoms with E-state index in [-0.39, 0.29) is 12.1 Å². The molecule has 2 fully saturated rings. The minimum absolute atomic E-state index is 0.0585. The monoisotopic (exact) mass is 389 g/mol. The number of amides is 2. The Morgan fingerprint density at radius 1 is 1.07 bits per heavy atom. The van der Waals surface area contributed by atoms with Gasteiger partial charge in [0.05, 0.1) is 12.6 Å². The van der Waals surface area contributed by atoms with Crippen molar-refractivity contribution in [3.8, 4) is 0 Å². The highest BCUT2D eigenvalue weighted by atomic mass is 16.2. The van der Waals surface area contributed by atoms with Crippen molar-refractivity contribution in [1.29, 1.82) is 0 Å². The van der Waals surface area contributed by atoms with Crippen LogP contribution < -0.4 is 4.90 Å². The number of amidine groups is 1. The molecule has 6 rings (SSSR count). The van der Waals surface area contributed by atoms with E-state index in [0.29, 0.717) is 18.4 Å². The topological polar surface area (TPSA) is 64.6 Å². The van der Waals surface area contributed by atoms with Gasteiger partial charge in [-0.2, -0.15) is 0 Å². The highest BCUT2D eigenvalue weighted by Gasteiger charge is 2.44. The molecule has 29 heavy (non-hydrogen) atoms. The SMILES string of the molecule is O=C1N2C[C@@H](Cc3ccccc3)N=C2c2[nH]c(C3CCCC3)nc2N1CC1CC1. The van der Waals surface area contributed by atoms with E-state index in [1.165, 1.54) is 44.1 Å². The van der Waals surface area contributed by atoms with Crippen LogP contribution in [0.15, 0.2) is 35.3 Å². The van der Waals surface area contributed by atoms with Gasteiger partial charge in [0.15, 0.2) is 11.7 Å². The van der Waals surface area contributed by atoms with Gasteiger partial charge in [0.2, 0.25) is 0 Å². The molecule has 2 aliphatic heterocycles. The fourth-order valence-electron chi connectivity index (χ4n) is 5.03. The molecular weight excluding hydrogens is 362 g/mol. The number of nitrogens with zero attached hydrogens (tertiary/aromatic N) is 4. The molecule has 0 radical (unpaired) electrons. The first-order valence-corrected chi connectivity index (χ1v) is 11.1. The van der Waals surface area contributed by atoms with Crippen LogP contribution in [0, 0.1) is 5.92 Å². The number of anilines is 1. The van der Waals surface area contributed by atoms with Crippen molar-refractivity contribution >= 4 is 17.7 Å². The normalized spacial score (nSPS) is 24.1. The molecule has 0 bridgehead atoms. The number of H-pyrrole nitrogens is 1. The van der Waals surface area contributed by atoms with Crippen LogP contribution in [0.4, 0.5) is 10.6 Å². The van der Waals surface area contributed by atoms with Crippen molar-refractivity contribution in [3.05, 3.63) is 47.4 Å². The van der Waals surface area contributed by atoms with Crippen molar-refractivity contribution in [2.24, 2.45) is 10.9 Å². The van der Waals surface area contributed by atoms with Crippen LogP contribution in [-0.4, -0.2) is 45.9 Å². The van der Waals surface area contributed by atoms with Crippen LogP contribution in [-0.2, 0) is 6.42 Å². The van der Waals surface area contributed by atoms with Crippen molar-refractivity contribution in [1.82, 2.24) is 14.9 Å². The van der Waals surface area contributed by atoms with E-state index in [1.54, 1.807) is 0 Å². The molecule has 1 aromatic carbocycles. The summed E-state index contributed by atoms with van der Waals surface area (Å²) in [6.07, 6.45) is 8.22. The Bertz CT molecular complexity index is 955. The summed E-state index contributed by atoms with van der Waals surface area (Å²) in [5.74, 6) is 3.79. The zero-order valence-corrected chi connectivity index (χ0v) is 16.7. The summed E-state index contributed by atoms with van der Waals surface area (Å²) >= 11 is 0. The number of hydrogen-bond acceptors (Lipinski definition) is 3. The van der Waals surface area contributed by atoms with E-state index in [9.17, 15) is 4.79 Å². The number of rotatable bonds is 5. The van der Waals surface area contributed by atoms with Gasteiger partial charge < -0.3 is 4.98 Å². The molecule has 2 aromatic rings. The van der Waals surface area contributed by atoms with Crippen molar-refractivity contribution < 1.29 is 4.79 Å². The molecule has 0 unspecified atom stereocenters. The Balaban J connectivity index is 1.35. The van der Waals surface area contributed by atoms with E-state index in [2.05, 4.69) is 29.2 Å². The van der Waals surface area contributed by atoms with Crippen LogP contribution >= 0.6 is 0 Å². The van der Waals surface area contributed by atoms with Crippen LogP contribution in [0.1, 0.15) is 61.5 Å². The maximum atomic E-state index is 13.4. The van der Waals surface area contributed by atoms with Gasteiger partial charge in [-0.15, -0.1) is 0 Å². The molecule has 3 heterocycles. The molecule has 1 aromatic heterocycles. The van der Waals surface area contributed by atoms with Crippen LogP contribution in [0.2, 0.25) is 0 Å². The Morgan fingerprint density at radius 2 is 1.86 bits per heavy atom. The van der Waals surface area contributed by atoms with Crippen LogP contribution in [0.5, 0.6) is 0 Å². The standard InChI is InChI=1S/C23H27N5O/c29-23-27(13-16-10-11-16)22-19(25-20(26-22)17-8-4-5-9-17)21-24-18(14-28(21)23)12-15-6-2-1-3-7-15/h1-3,6-7,16-18H,4-5,8-14H2,(H,25,26)/t18-/m1/s1. The smallest absolute Gasteiger partial charge is 0.331 e. The maximum Gasteiger partial charge on any atom is 0.331 e. The third kappa shape index (κ3) is 3.05. The summed E-state index contributed by atoms with van der Waals surface area (Å²) in [5, 5.41) is 0. The number of hydrogen-bond donors (Lipinski definition) is 1. The molecule has 0 spiro atoms. The number of imidazole rings is 1. The number of aliphatic imine (C=N–C) groups is 1. The highest BCUT2D eigenvalue weighted by molar-refractivity contribution is 6.18. The number of benzene rings is 1. The molecule has 4 aliphatic rings. The number of aromatic amines is 1. The number of nitrogens with one attached hydrogen (secondary N) is 1. The Hall–Kier alpha value is -2.63. The molecule has 2 saturated carbocycles. The lowest BCUT2D eigenvalue weighted by Crippen LogP contribution is -2.51. The number of carbonyl (C=O) groups is 1. The van der Waals surface area contributed by atoms with Gasteiger partial charge in [0.1, 0.15) is 11.5 Å². The predicted octanol–water partition coefficient (Wildman–Crippen LogP) is 4.09. The molecule has 6 heteroatoms. The Morgan fingerprint density at radius 3 is 2.62 bits per heavy atom. The van der Waals surface area contributed by atoms with Gasteiger partial charge in [-0.05, 0) is 43.6 Å². The van der Waals surface area contributed by atoms with Crippen molar-refractivity contribution in [2.45, 2.75) is 56.9 Å². The Kier molecular flexibility index (Phi) is 3.99. The minimum atomic E-state index is 0.0585. The molecule has 1 atom stereocenters. The second-order valence-corrected chi connectivity index (χ2v) is 9.05. The number of carbonyl (C=O) groups excluding carboxylic acids is 1. The molecule has 2 aliphatic carbocycles. The zero-order valence-electron chi connectivity index (χ0n) is 16.7. The summed E-state index contributed by atoms with van der Waals surface area (Å²) < 4.78 is 0. The lowest BCUT2D eigenvalue weighted by molar-refractivity contribution is 0.226. The molecule has 6 nitrogen and oxygen atoms in total. The second kappa shape index (κ2) is 6.71. The average molecular weight is 390 g/mol. The third-order valence-electron chi connectivity index (χ3n) is 6.79. The quantitative estimate of drug-likeness (QED) is 0.837. The second-order valence-electron chi connectivity index (χ2n) is 9.05. The third-order valence-corrected chi connectivity index (χ3v) is 6.79. The van der Waals surface area contributed by atoms with E-state index >= 15 is 0 Å².